The van der Waals surface area contributed by atoms with Gasteiger partial charge in [0.1, 0.15) is 0 Å². The Hall–Kier alpha value is -0.580. The number of hydrogen-bond donors (Lipinski definition) is 1. The van der Waals surface area contributed by atoms with E-state index >= 15 is 0 Å². The van der Waals surface area contributed by atoms with Crippen LogP contribution in [0.25, 0.3) is 0 Å². The maximum absolute atomic E-state index is 12.5. The lowest BCUT2D eigenvalue weighted by atomic mass is 9.99. The molecule has 0 aromatic carbocycles. The summed E-state index contributed by atoms with van der Waals surface area (Å²) >= 11 is 1.74. The second-order valence-electron chi connectivity index (χ2n) is 5.62. The number of carbonyl (C=O) groups excluding carboxylic acids is 1. The Bertz CT molecular complexity index is 443. The highest BCUT2D eigenvalue weighted by atomic mass is 35.5. The molecule has 0 atom stereocenters. The van der Waals surface area contributed by atoms with Gasteiger partial charge in [-0.1, -0.05) is 0 Å². The maximum atomic E-state index is 12.5. The van der Waals surface area contributed by atoms with Gasteiger partial charge in [-0.2, -0.15) is 0 Å². The maximum Gasteiger partial charge on any atom is 0.263 e. The molecule has 3 rings (SSSR count). The Morgan fingerprint density at radius 2 is 2.00 bits per heavy atom. The lowest BCUT2D eigenvalue weighted by molar-refractivity contribution is 0.0712. The molecule has 20 heavy (non-hydrogen) atoms. The van der Waals surface area contributed by atoms with Crippen molar-refractivity contribution in [2.24, 2.45) is 0 Å². The molecule has 1 aromatic rings. The zero-order valence-electron chi connectivity index (χ0n) is 12.0. The van der Waals surface area contributed by atoms with Gasteiger partial charge >= 0.3 is 0 Å². The number of thiophene rings is 1. The molecule has 0 saturated carbocycles. The van der Waals surface area contributed by atoms with Crippen LogP contribution in [-0.4, -0.2) is 37.0 Å². The van der Waals surface area contributed by atoms with Gasteiger partial charge in [-0.3, -0.25) is 4.79 Å². The first-order valence-electron chi connectivity index (χ1n) is 7.36. The standard InChI is InChI=1S/C15H22N2OS.ClH/c1-16-12-6-8-17(9-7-12)15(18)14-10-11-4-2-3-5-13(11)19-14;/h10,12,16H,2-9H2,1H3;1H. The second kappa shape index (κ2) is 6.92. The number of fused-ring (bicyclic) bond motifs is 1. The Balaban J connectivity index is 0.00000147. The van der Waals surface area contributed by atoms with E-state index in [1.54, 1.807) is 11.3 Å². The molecular formula is C15H23ClN2OS. The highest BCUT2D eigenvalue weighted by molar-refractivity contribution is 7.14. The van der Waals surface area contributed by atoms with E-state index in [1.165, 1.54) is 36.1 Å². The third-order valence-corrected chi connectivity index (χ3v) is 5.62. The third-order valence-electron chi connectivity index (χ3n) is 4.40. The number of amides is 1. The van der Waals surface area contributed by atoms with Gasteiger partial charge in [0.2, 0.25) is 0 Å². The first-order chi connectivity index (χ1) is 9.28. The van der Waals surface area contributed by atoms with Gasteiger partial charge < -0.3 is 10.2 Å². The summed E-state index contributed by atoms with van der Waals surface area (Å²) in [6, 6.07) is 2.74. The molecule has 0 bridgehead atoms. The average Bonchev–Trinajstić information content (AvgIpc) is 2.90. The molecule has 2 heterocycles. The molecule has 112 valence electrons. The van der Waals surface area contributed by atoms with Crippen molar-refractivity contribution in [2.45, 2.75) is 44.6 Å². The fraction of sp³-hybridized carbons (Fsp3) is 0.667. The summed E-state index contributed by atoms with van der Waals surface area (Å²) in [6.45, 7) is 1.79. The molecular weight excluding hydrogens is 292 g/mol. The van der Waals surface area contributed by atoms with Crippen molar-refractivity contribution < 1.29 is 4.79 Å². The fourth-order valence-corrected chi connectivity index (χ4v) is 4.34. The molecule has 3 nitrogen and oxygen atoms in total. The van der Waals surface area contributed by atoms with Crippen LogP contribution in [0.1, 0.15) is 45.8 Å². The summed E-state index contributed by atoms with van der Waals surface area (Å²) in [6.07, 6.45) is 7.07. The quantitative estimate of drug-likeness (QED) is 0.910. The van der Waals surface area contributed by atoms with E-state index in [4.69, 9.17) is 0 Å². The van der Waals surface area contributed by atoms with Crippen LogP contribution in [0.15, 0.2) is 6.07 Å². The van der Waals surface area contributed by atoms with Gasteiger partial charge in [-0.15, -0.1) is 23.7 Å². The van der Waals surface area contributed by atoms with E-state index in [2.05, 4.69) is 11.4 Å². The summed E-state index contributed by atoms with van der Waals surface area (Å²) in [4.78, 5) is 17.0. The Labute approximate surface area is 131 Å². The molecule has 2 aliphatic rings. The van der Waals surface area contributed by atoms with E-state index in [1.807, 2.05) is 11.9 Å². The van der Waals surface area contributed by atoms with E-state index in [-0.39, 0.29) is 18.3 Å². The smallest absolute Gasteiger partial charge is 0.263 e. The number of likely N-dealkylation sites (tertiary alicyclic amines) is 1. The van der Waals surface area contributed by atoms with Crippen LogP contribution in [-0.2, 0) is 12.8 Å². The zero-order valence-corrected chi connectivity index (χ0v) is 13.6. The van der Waals surface area contributed by atoms with Crippen LogP contribution in [0, 0.1) is 0 Å². The van der Waals surface area contributed by atoms with Gasteiger partial charge in [-0.25, -0.2) is 0 Å². The summed E-state index contributed by atoms with van der Waals surface area (Å²) in [5.74, 6) is 0.258. The van der Waals surface area contributed by atoms with Crippen LogP contribution in [0.2, 0.25) is 0 Å². The highest BCUT2D eigenvalue weighted by Gasteiger charge is 2.25. The number of nitrogens with zero attached hydrogens (tertiary/aromatic N) is 1. The molecule has 1 aliphatic heterocycles. The largest absolute Gasteiger partial charge is 0.338 e. The number of piperidine rings is 1. The Morgan fingerprint density at radius 3 is 2.65 bits per heavy atom. The van der Waals surface area contributed by atoms with Crippen molar-refractivity contribution in [3.63, 3.8) is 0 Å². The lowest BCUT2D eigenvalue weighted by Gasteiger charge is -2.31. The molecule has 1 aromatic heterocycles. The predicted octanol–water partition coefficient (Wildman–Crippen LogP) is 2.87. The van der Waals surface area contributed by atoms with Crippen LogP contribution >= 0.6 is 23.7 Å². The summed E-state index contributed by atoms with van der Waals surface area (Å²) in [5.41, 5.74) is 1.43. The van der Waals surface area contributed by atoms with Gasteiger partial charge in [0, 0.05) is 24.0 Å². The number of carbonyl (C=O) groups is 1. The molecule has 1 amide bonds. The van der Waals surface area contributed by atoms with E-state index < -0.39 is 0 Å². The molecule has 0 radical (unpaired) electrons. The van der Waals surface area contributed by atoms with E-state index in [0.29, 0.717) is 6.04 Å². The first kappa shape index (κ1) is 15.8. The second-order valence-corrected chi connectivity index (χ2v) is 6.76. The SMILES string of the molecule is CNC1CCN(C(=O)c2cc3c(s2)CCCC3)CC1.Cl. The summed E-state index contributed by atoms with van der Waals surface area (Å²) < 4.78 is 0. The molecule has 1 fully saturated rings. The van der Waals surface area contributed by atoms with E-state index in [9.17, 15) is 4.79 Å². The Morgan fingerprint density at radius 1 is 1.30 bits per heavy atom. The lowest BCUT2D eigenvalue weighted by Crippen LogP contribution is -2.43. The number of aryl methyl sites for hydroxylation is 2. The molecule has 5 heteroatoms. The molecule has 1 N–H and O–H groups in total. The normalized spacial score (nSPS) is 19.4. The fourth-order valence-electron chi connectivity index (χ4n) is 3.12. The van der Waals surface area contributed by atoms with Gasteiger partial charge in [0.05, 0.1) is 4.88 Å². The van der Waals surface area contributed by atoms with E-state index in [0.717, 1.165) is 30.8 Å². The summed E-state index contributed by atoms with van der Waals surface area (Å²) in [7, 11) is 2.01. The minimum atomic E-state index is 0. The first-order valence-corrected chi connectivity index (χ1v) is 8.17. The van der Waals surface area contributed by atoms with Crippen molar-refractivity contribution in [2.75, 3.05) is 20.1 Å². The van der Waals surface area contributed by atoms with Gasteiger partial charge in [0.25, 0.3) is 5.91 Å². The topological polar surface area (TPSA) is 32.3 Å². The summed E-state index contributed by atoms with van der Waals surface area (Å²) in [5, 5.41) is 3.31. The minimum absolute atomic E-state index is 0. The van der Waals surface area contributed by atoms with Gasteiger partial charge in [-0.05, 0) is 57.2 Å². The number of nitrogens with one attached hydrogen (secondary N) is 1. The highest BCUT2D eigenvalue weighted by Crippen LogP contribution is 2.30. The molecule has 0 unspecified atom stereocenters. The molecule has 1 saturated heterocycles. The van der Waals surface area contributed by atoms with Crippen molar-refractivity contribution in [1.29, 1.82) is 0 Å². The van der Waals surface area contributed by atoms with Crippen LogP contribution < -0.4 is 5.32 Å². The minimum Gasteiger partial charge on any atom is -0.338 e. The van der Waals surface area contributed by atoms with Crippen LogP contribution in [0.5, 0.6) is 0 Å². The Kier molecular flexibility index (Phi) is 5.47. The van der Waals surface area contributed by atoms with Crippen molar-refractivity contribution >= 4 is 29.7 Å². The number of halogens is 1. The van der Waals surface area contributed by atoms with Crippen LogP contribution in [0.4, 0.5) is 0 Å². The predicted molar refractivity (Wildman–Crippen MR) is 86.2 cm³/mol. The molecule has 0 spiro atoms. The van der Waals surface area contributed by atoms with Crippen molar-refractivity contribution in [1.82, 2.24) is 10.2 Å². The zero-order chi connectivity index (χ0) is 13.2. The molecule has 1 aliphatic carbocycles. The van der Waals surface area contributed by atoms with Crippen LogP contribution in [0.3, 0.4) is 0 Å². The third kappa shape index (κ3) is 3.18. The average molecular weight is 315 g/mol. The van der Waals surface area contributed by atoms with Crippen molar-refractivity contribution in [3.05, 3.63) is 21.4 Å². The van der Waals surface area contributed by atoms with Crippen molar-refractivity contribution in [3.8, 4) is 0 Å². The number of rotatable bonds is 2. The number of hydrogen-bond acceptors (Lipinski definition) is 3. The van der Waals surface area contributed by atoms with Gasteiger partial charge in [0.15, 0.2) is 0 Å². The monoisotopic (exact) mass is 314 g/mol.